The molecule has 0 spiro atoms. The third-order valence-electron chi connectivity index (χ3n) is 3.99. The van der Waals surface area contributed by atoms with E-state index in [1.165, 1.54) is 16.7 Å². The molecule has 0 saturated carbocycles. The third-order valence-corrected chi connectivity index (χ3v) is 3.99. The number of nitrogens with one attached hydrogen (secondary N) is 1. The van der Waals surface area contributed by atoms with Crippen molar-refractivity contribution in [3.8, 4) is 0 Å². The van der Waals surface area contributed by atoms with Crippen LogP contribution in [-0.4, -0.2) is 5.91 Å². The summed E-state index contributed by atoms with van der Waals surface area (Å²) in [5, 5.41) is 3.17. The van der Waals surface area contributed by atoms with Crippen LogP contribution in [0.3, 0.4) is 0 Å². The number of amides is 1. The van der Waals surface area contributed by atoms with E-state index in [4.69, 9.17) is 0 Å². The first-order valence-corrected chi connectivity index (χ1v) is 7.19. The van der Waals surface area contributed by atoms with Gasteiger partial charge in [0, 0.05) is 5.56 Å². The number of benzene rings is 2. The smallest absolute Gasteiger partial charge is 0.251 e. The average molecular weight is 265 g/mol. The highest BCUT2D eigenvalue weighted by Gasteiger charge is 2.21. The first kappa shape index (κ1) is 12.9. The maximum atomic E-state index is 12.3. The highest BCUT2D eigenvalue weighted by atomic mass is 16.1. The van der Waals surface area contributed by atoms with Crippen LogP contribution in [0.4, 0.5) is 0 Å². The molecule has 1 amide bonds. The van der Waals surface area contributed by atoms with Crippen molar-refractivity contribution in [1.82, 2.24) is 5.32 Å². The zero-order chi connectivity index (χ0) is 13.9. The number of carbonyl (C=O) groups is 1. The second kappa shape index (κ2) is 5.49. The van der Waals surface area contributed by atoms with E-state index < -0.39 is 0 Å². The lowest BCUT2D eigenvalue weighted by molar-refractivity contribution is 0.0933. The molecule has 0 unspecified atom stereocenters. The Morgan fingerprint density at radius 3 is 2.65 bits per heavy atom. The lowest BCUT2D eigenvalue weighted by Gasteiger charge is -2.26. The summed E-state index contributed by atoms with van der Waals surface area (Å²) in [7, 11) is 0. The van der Waals surface area contributed by atoms with Gasteiger partial charge in [-0.1, -0.05) is 42.0 Å². The van der Waals surface area contributed by atoms with Crippen molar-refractivity contribution in [2.24, 2.45) is 0 Å². The molecule has 3 rings (SSSR count). The Morgan fingerprint density at radius 2 is 1.85 bits per heavy atom. The van der Waals surface area contributed by atoms with E-state index in [-0.39, 0.29) is 11.9 Å². The van der Waals surface area contributed by atoms with Crippen LogP contribution in [0.25, 0.3) is 0 Å². The maximum Gasteiger partial charge on any atom is 0.251 e. The van der Waals surface area contributed by atoms with Crippen LogP contribution in [0.15, 0.2) is 48.5 Å². The van der Waals surface area contributed by atoms with Gasteiger partial charge in [-0.3, -0.25) is 4.79 Å². The number of aryl methyl sites for hydroxylation is 2. The van der Waals surface area contributed by atoms with Gasteiger partial charge in [0.25, 0.3) is 5.91 Å². The predicted octanol–water partition coefficient (Wildman–Crippen LogP) is 3.80. The summed E-state index contributed by atoms with van der Waals surface area (Å²) in [5.74, 6) is 0.0201. The van der Waals surface area contributed by atoms with E-state index in [0.29, 0.717) is 0 Å². The molecule has 102 valence electrons. The molecule has 1 atom stereocenters. The van der Waals surface area contributed by atoms with Crippen LogP contribution < -0.4 is 5.32 Å². The number of rotatable bonds is 2. The summed E-state index contributed by atoms with van der Waals surface area (Å²) in [6, 6.07) is 16.3. The molecular formula is C18H19NO. The summed E-state index contributed by atoms with van der Waals surface area (Å²) >= 11 is 0. The maximum absolute atomic E-state index is 12.3. The Bertz CT molecular complexity index is 616. The molecule has 0 aliphatic heterocycles. The molecule has 2 nitrogen and oxygen atoms in total. The normalized spacial score (nSPS) is 17.4. The van der Waals surface area contributed by atoms with Crippen molar-refractivity contribution in [1.29, 1.82) is 0 Å². The summed E-state index contributed by atoms with van der Waals surface area (Å²) in [5.41, 5.74) is 4.55. The molecule has 0 aromatic heterocycles. The molecule has 1 N–H and O–H groups in total. The summed E-state index contributed by atoms with van der Waals surface area (Å²) in [6.07, 6.45) is 3.28. The molecule has 2 aromatic rings. The fourth-order valence-corrected chi connectivity index (χ4v) is 2.85. The fourth-order valence-electron chi connectivity index (χ4n) is 2.85. The molecule has 0 bridgehead atoms. The topological polar surface area (TPSA) is 29.1 Å². The van der Waals surface area contributed by atoms with Gasteiger partial charge in [0.05, 0.1) is 6.04 Å². The standard InChI is InChI=1S/C18H19NO/c1-13-9-11-15(12-10-13)18(20)19-17-8-4-6-14-5-2-3-7-16(14)17/h2-3,5,7,9-12,17H,4,6,8H2,1H3,(H,19,20)/t17-/m1/s1. The highest BCUT2D eigenvalue weighted by molar-refractivity contribution is 5.94. The lowest BCUT2D eigenvalue weighted by Crippen LogP contribution is -2.30. The van der Waals surface area contributed by atoms with E-state index in [1.54, 1.807) is 0 Å². The van der Waals surface area contributed by atoms with Gasteiger partial charge in [-0.2, -0.15) is 0 Å². The van der Waals surface area contributed by atoms with Crippen molar-refractivity contribution in [2.75, 3.05) is 0 Å². The minimum absolute atomic E-state index is 0.0201. The molecule has 1 aliphatic rings. The van der Waals surface area contributed by atoms with Gasteiger partial charge in [-0.15, -0.1) is 0 Å². The van der Waals surface area contributed by atoms with E-state index in [1.807, 2.05) is 31.2 Å². The zero-order valence-corrected chi connectivity index (χ0v) is 11.7. The quantitative estimate of drug-likeness (QED) is 0.879. The monoisotopic (exact) mass is 265 g/mol. The molecule has 0 fully saturated rings. The number of fused-ring (bicyclic) bond motifs is 1. The highest BCUT2D eigenvalue weighted by Crippen LogP contribution is 2.29. The summed E-state index contributed by atoms with van der Waals surface area (Å²) in [4.78, 5) is 12.3. The molecule has 0 saturated heterocycles. The zero-order valence-electron chi connectivity index (χ0n) is 11.7. The summed E-state index contributed by atoms with van der Waals surface area (Å²) < 4.78 is 0. The Labute approximate surface area is 119 Å². The average Bonchev–Trinajstić information content (AvgIpc) is 2.48. The van der Waals surface area contributed by atoms with Crippen LogP contribution in [0.2, 0.25) is 0 Å². The van der Waals surface area contributed by atoms with Crippen LogP contribution >= 0.6 is 0 Å². The SMILES string of the molecule is Cc1ccc(C(=O)N[C@@H]2CCCc3ccccc32)cc1. The van der Waals surface area contributed by atoms with Gasteiger partial charge in [0.1, 0.15) is 0 Å². The molecule has 2 heteroatoms. The van der Waals surface area contributed by atoms with Crippen molar-refractivity contribution >= 4 is 5.91 Å². The first-order chi connectivity index (χ1) is 9.74. The van der Waals surface area contributed by atoms with Crippen LogP contribution in [0, 0.1) is 6.92 Å². The predicted molar refractivity (Wildman–Crippen MR) is 80.8 cm³/mol. The Hall–Kier alpha value is -2.09. The van der Waals surface area contributed by atoms with Gasteiger partial charge in [0.15, 0.2) is 0 Å². The van der Waals surface area contributed by atoms with E-state index in [2.05, 4.69) is 29.6 Å². The Balaban J connectivity index is 1.79. The van der Waals surface area contributed by atoms with Crippen molar-refractivity contribution in [2.45, 2.75) is 32.2 Å². The molecule has 1 aliphatic carbocycles. The third kappa shape index (κ3) is 2.60. The second-order valence-electron chi connectivity index (χ2n) is 5.48. The van der Waals surface area contributed by atoms with Gasteiger partial charge >= 0.3 is 0 Å². The number of carbonyl (C=O) groups excluding carboxylic acids is 1. The van der Waals surface area contributed by atoms with Gasteiger partial charge < -0.3 is 5.32 Å². The minimum Gasteiger partial charge on any atom is -0.345 e. The molecule has 0 radical (unpaired) electrons. The largest absolute Gasteiger partial charge is 0.345 e. The summed E-state index contributed by atoms with van der Waals surface area (Å²) in [6.45, 7) is 2.03. The molecule has 2 aromatic carbocycles. The van der Waals surface area contributed by atoms with Crippen LogP contribution in [-0.2, 0) is 6.42 Å². The first-order valence-electron chi connectivity index (χ1n) is 7.19. The van der Waals surface area contributed by atoms with Gasteiger partial charge in [0.2, 0.25) is 0 Å². The molecule has 20 heavy (non-hydrogen) atoms. The van der Waals surface area contributed by atoms with Crippen LogP contribution in [0.5, 0.6) is 0 Å². The fraction of sp³-hybridized carbons (Fsp3) is 0.278. The second-order valence-corrected chi connectivity index (χ2v) is 5.48. The molecule has 0 heterocycles. The number of hydrogen-bond donors (Lipinski definition) is 1. The van der Waals surface area contributed by atoms with Crippen LogP contribution in [0.1, 0.15) is 45.9 Å². The number of hydrogen-bond acceptors (Lipinski definition) is 1. The van der Waals surface area contributed by atoms with Crippen molar-refractivity contribution in [3.05, 3.63) is 70.8 Å². The minimum atomic E-state index is 0.0201. The van der Waals surface area contributed by atoms with Gasteiger partial charge in [-0.05, 0) is 49.4 Å². The Morgan fingerprint density at radius 1 is 1.10 bits per heavy atom. The Kier molecular flexibility index (Phi) is 3.55. The van der Waals surface area contributed by atoms with E-state index in [9.17, 15) is 4.79 Å². The van der Waals surface area contributed by atoms with E-state index >= 15 is 0 Å². The lowest BCUT2D eigenvalue weighted by atomic mass is 9.87. The van der Waals surface area contributed by atoms with Crippen molar-refractivity contribution in [3.63, 3.8) is 0 Å². The molecular weight excluding hydrogens is 246 g/mol. The van der Waals surface area contributed by atoms with E-state index in [0.717, 1.165) is 24.8 Å². The van der Waals surface area contributed by atoms with Gasteiger partial charge in [-0.25, -0.2) is 0 Å². The van der Waals surface area contributed by atoms with Crippen molar-refractivity contribution < 1.29 is 4.79 Å².